The molecule has 2 aromatic carbocycles. The molecule has 2 heterocycles. The lowest BCUT2D eigenvalue weighted by Gasteiger charge is -2.32. The number of phenolic OH excluding ortho intramolecular Hbond substituents is 1. The number of imidazole rings is 1. The topological polar surface area (TPSA) is 90.4 Å². The number of nitrogens with zero attached hydrogens (tertiary/aromatic N) is 2. The first-order valence-electron chi connectivity index (χ1n) is 9.11. The van der Waals surface area contributed by atoms with Crippen molar-refractivity contribution < 1.29 is 9.90 Å². The van der Waals surface area contributed by atoms with Crippen LogP contribution in [0.3, 0.4) is 0 Å². The maximum atomic E-state index is 12.3. The molecule has 1 saturated heterocycles. The monoisotopic (exact) mass is 366 g/mol. The van der Waals surface area contributed by atoms with Gasteiger partial charge in [0.25, 0.3) is 0 Å². The summed E-state index contributed by atoms with van der Waals surface area (Å²) in [5.74, 6) is -0.0949. The average molecular weight is 366 g/mol. The number of aromatic nitrogens is 2. The van der Waals surface area contributed by atoms with Crippen LogP contribution in [0, 0.1) is 0 Å². The van der Waals surface area contributed by atoms with E-state index in [0.29, 0.717) is 5.69 Å². The van der Waals surface area contributed by atoms with Crippen LogP contribution in [0.5, 0.6) is 5.75 Å². The van der Waals surface area contributed by atoms with Crippen molar-refractivity contribution in [2.24, 2.45) is 0 Å². The molecule has 1 aliphatic heterocycles. The first-order chi connectivity index (χ1) is 13.1. The normalized spacial score (nSPS) is 15.9. The second-order valence-corrected chi connectivity index (χ2v) is 6.89. The van der Waals surface area contributed by atoms with Crippen molar-refractivity contribution in [3.63, 3.8) is 0 Å². The molecule has 27 heavy (non-hydrogen) atoms. The number of nitrogens with one attached hydrogen (secondary N) is 2. The van der Waals surface area contributed by atoms with Crippen LogP contribution in [0.4, 0.5) is 5.69 Å². The van der Waals surface area contributed by atoms with Gasteiger partial charge in [-0.3, -0.25) is 14.3 Å². The molecule has 0 radical (unpaired) electrons. The standard InChI is InChI=1S/C20H22N4O3/c25-18-8-4-2-6-16(18)21-19(26)13-23-11-9-14(10-12-23)24-17-7-3-1-5-15(17)22-20(24)27/h1-8,14,25H,9-13H2,(H,21,26)(H,22,27). The van der Waals surface area contributed by atoms with E-state index in [2.05, 4.69) is 15.2 Å². The number of amides is 1. The van der Waals surface area contributed by atoms with Gasteiger partial charge >= 0.3 is 5.69 Å². The Morgan fingerprint density at radius 3 is 2.59 bits per heavy atom. The summed E-state index contributed by atoms with van der Waals surface area (Å²) in [5, 5.41) is 12.5. The molecule has 140 valence electrons. The molecule has 3 aromatic rings. The lowest BCUT2D eigenvalue weighted by atomic mass is 10.0. The van der Waals surface area contributed by atoms with Gasteiger partial charge in [-0.1, -0.05) is 24.3 Å². The number of aromatic hydroxyl groups is 1. The van der Waals surface area contributed by atoms with E-state index in [0.717, 1.165) is 37.0 Å². The van der Waals surface area contributed by atoms with E-state index in [-0.39, 0.29) is 29.9 Å². The van der Waals surface area contributed by atoms with Crippen LogP contribution in [0.2, 0.25) is 0 Å². The molecule has 4 rings (SSSR count). The van der Waals surface area contributed by atoms with Gasteiger partial charge in [-0.2, -0.15) is 0 Å². The largest absolute Gasteiger partial charge is 0.506 e. The molecule has 0 aliphatic carbocycles. The molecule has 7 nitrogen and oxygen atoms in total. The van der Waals surface area contributed by atoms with E-state index < -0.39 is 0 Å². The molecule has 3 N–H and O–H groups in total. The van der Waals surface area contributed by atoms with Gasteiger partial charge in [-0.05, 0) is 37.1 Å². The van der Waals surface area contributed by atoms with Crippen LogP contribution in [-0.4, -0.2) is 45.1 Å². The van der Waals surface area contributed by atoms with Crippen LogP contribution in [0.1, 0.15) is 18.9 Å². The highest BCUT2D eigenvalue weighted by molar-refractivity contribution is 5.93. The predicted molar refractivity (Wildman–Crippen MR) is 104 cm³/mol. The minimum atomic E-state index is -0.154. The minimum Gasteiger partial charge on any atom is -0.506 e. The molecule has 0 unspecified atom stereocenters. The van der Waals surface area contributed by atoms with Gasteiger partial charge in [0, 0.05) is 19.1 Å². The molecule has 1 aliphatic rings. The smallest absolute Gasteiger partial charge is 0.326 e. The van der Waals surface area contributed by atoms with Crippen molar-refractivity contribution in [2.45, 2.75) is 18.9 Å². The van der Waals surface area contributed by atoms with E-state index in [4.69, 9.17) is 0 Å². The third kappa shape index (κ3) is 3.59. The van der Waals surface area contributed by atoms with E-state index in [9.17, 15) is 14.7 Å². The predicted octanol–water partition coefficient (Wildman–Crippen LogP) is 2.31. The maximum Gasteiger partial charge on any atom is 0.326 e. The number of likely N-dealkylation sites (tertiary alicyclic amines) is 1. The fourth-order valence-electron chi connectivity index (χ4n) is 3.74. The zero-order valence-electron chi connectivity index (χ0n) is 14.9. The fraction of sp³-hybridized carbons (Fsp3) is 0.300. The maximum absolute atomic E-state index is 12.3. The molecule has 0 saturated carbocycles. The number of fused-ring (bicyclic) bond motifs is 1. The molecular formula is C20H22N4O3. The SMILES string of the molecule is O=C(CN1CCC(n2c(=O)[nH]c3ccccc32)CC1)Nc1ccccc1O. The summed E-state index contributed by atoms with van der Waals surface area (Å²) in [4.78, 5) is 29.6. The second-order valence-electron chi connectivity index (χ2n) is 6.89. The van der Waals surface area contributed by atoms with Crippen molar-refractivity contribution in [1.29, 1.82) is 0 Å². The Morgan fingerprint density at radius 1 is 1.11 bits per heavy atom. The lowest BCUT2D eigenvalue weighted by molar-refractivity contribution is -0.117. The van der Waals surface area contributed by atoms with Crippen LogP contribution >= 0.6 is 0 Å². The van der Waals surface area contributed by atoms with E-state index >= 15 is 0 Å². The van der Waals surface area contributed by atoms with Crippen molar-refractivity contribution in [3.05, 3.63) is 59.0 Å². The Bertz CT molecular complexity index is 1020. The first-order valence-corrected chi connectivity index (χ1v) is 9.11. The van der Waals surface area contributed by atoms with E-state index in [1.807, 2.05) is 28.8 Å². The number of anilines is 1. The lowest BCUT2D eigenvalue weighted by Crippen LogP contribution is -2.41. The highest BCUT2D eigenvalue weighted by atomic mass is 16.3. The highest BCUT2D eigenvalue weighted by Crippen LogP contribution is 2.25. The van der Waals surface area contributed by atoms with Crippen LogP contribution in [0.25, 0.3) is 11.0 Å². The van der Waals surface area contributed by atoms with Gasteiger partial charge in [-0.25, -0.2) is 4.79 Å². The zero-order valence-corrected chi connectivity index (χ0v) is 14.9. The van der Waals surface area contributed by atoms with Crippen LogP contribution < -0.4 is 11.0 Å². The summed E-state index contributed by atoms with van der Waals surface area (Å²) in [6, 6.07) is 14.5. The third-order valence-corrected chi connectivity index (χ3v) is 5.09. The number of aromatic amines is 1. The number of carbonyl (C=O) groups is 1. The Hall–Kier alpha value is -3.06. The number of para-hydroxylation sites is 4. The molecule has 7 heteroatoms. The number of H-pyrrole nitrogens is 1. The number of carbonyl (C=O) groups excluding carboxylic acids is 1. The Labute approximate surface area is 156 Å². The summed E-state index contributed by atoms with van der Waals surface area (Å²) in [6.45, 7) is 1.75. The van der Waals surface area contributed by atoms with Crippen molar-refractivity contribution in [1.82, 2.24) is 14.5 Å². The number of piperidine rings is 1. The number of hydrogen-bond acceptors (Lipinski definition) is 4. The Kier molecular flexibility index (Phi) is 4.68. The summed E-state index contributed by atoms with van der Waals surface area (Å²) in [5.41, 5.74) is 2.12. The molecule has 1 amide bonds. The fourth-order valence-corrected chi connectivity index (χ4v) is 3.74. The van der Waals surface area contributed by atoms with Gasteiger partial charge in [0.1, 0.15) is 5.75 Å². The van der Waals surface area contributed by atoms with Gasteiger partial charge in [-0.15, -0.1) is 0 Å². The molecule has 0 bridgehead atoms. The van der Waals surface area contributed by atoms with Crippen molar-refractivity contribution >= 4 is 22.6 Å². The highest BCUT2D eigenvalue weighted by Gasteiger charge is 2.24. The van der Waals surface area contributed by atoms with Gasteiger partial charge < -0.3 is 15.4 Å². The summed E-state index contributed by atoms with van der Waals surface area (Å²) in [6.07, 6.45) is 1.62. The summed E-state index contributed by atoms with van der Waals surface area (Å²) >= 11 is 0. The van der Waals surface area contributed by atoms with Crippen molar-refractivity contribution in [2.75, 3.05) is 25.0 Å². The zero-order chi connectivity index (χ0) is 18.8. The summed E-state index contributed by atoms with van der Waals surface area (Å²) in [7, 11) is 0. The van der Waals surface area contributed by atoms with Gasteiger partial charge in [0.2, 0.25) is 5.91 Å². The van der Waals surface area contributed by atoms with E-state index in [1.54, 1.807) is 24.3 Å². The molecule has 1 fully saturated rings. The quantitative estimate of drug-likeness (QED) is 0.618. The minimum absolute atomic E-state index is 0.0586. The summed E-state index contributed by atoms with van der Waals surface area (Å²) < 4.78 is 1.84. The van der Waals surface area contributed by atoms with E-state index in [1.165, 1.54) is 0 Å². The molecule has 1 aromatic heterocycles. The number of benzene rings is 2. The number of hydrogen-bond donors (Lipinski definition) is 3. The van der Waals surface area contributed by atoms with Crippen molar-refractivity contribution in [3.8, 4) is 5.75 Å². The number of phenols is 1. The second kappa shape index (κ2) is 7.28. The molecular weight excluding hydrogens is 344 g/mol. The van der Waals surface area contributed by atoms with Gasteiger partial charge in [0.15, 0.2) is 0 Å². The number of rotatable bonds is 4. The Balaban J connectivity index is 1.38. The van der Waals surface area contributed by atoms with Crippen LogP contribution in [-0.2, 0) is 4.79 Å². The molecule has 0 spiro atoms. The average Bonchev–Trinajstić information content (AvgIpc) is 3.00. The Morgan fingerprint density at radius 2 is 1.81 bits per heavy atom. The van der Waals surface area contributed by atoms with Crippen LogP contribution in [0.15, 0.2) is 53.3 Å². The third-order valence-electron chi connectivity index (χ3n) is 5.09. The van der Waals surface area contributed by atoms with Gasteiger partial charge in [0.05, 0.1) is 23.3 Å². The molecule has 0 atom stereocenters. The first kappa shape index (κ1) is 17.4.